The molecule has 7 heteroatoms. The number of hydrogen-bond donors (Lipinski definition) is 0. The van der Waals surface area contributed by atoms with Gasteiger partial charge in [-0.25, -0.2) is 9.78 Å². The van der Waals surface area contributed by atoms with E-state index >= 15 is 0 Å². The molecule has 1 atom stereocenters. The topological polar surface area (TPSA) is 87.9 Å². The smallest absolute Gasteiger partial charge is 0.465 e. The zero-order valence-corrected chi connectivity index (χ0v) is 14.3. The molecule has 0 bridgehead atoms. The Hall–Kier alpha value is -2.83. The van der Waals surface area contributed by atoms with Gasteiger partial charge in [0.05, 0.1) is 13.7 Å². The average Bonchev–Trinajstić information content (AvgIpc) is 3.04. The van der Waals surface area contributed by atoms with E-state index in [2.05, 4.69) is 9.72 Å². The molecule has 25 heavy (non-hydrogen) atoms. The van der Waals surface area contributed by atoms with Gasteiger partial charge in [-0.3, -0.25) is 4.79 Å². The lowest BCUT2D eigenvalue weighted by molar-refractivity contribution is -0.145. The fourth-order valence-electron chi connectivity index (χ4n) is 2.25. The molecule has 0 saturated carbocycles. The summed E-state index contributed by atoms with van der Waals surface area (Å²) >= 11 is 0. The van der Waals surface area contributed by atoms with Gasteiger partial charge in [0.2, 0.25) is 5.89 Å². The van der Waals surface area contributed by atoms with Gasteiger partial charge in [-0.15, -0.1) is 0 Å². The van der Waals surface area contributed by atoms with Crippen LogP contribution < -0.4 is 0 Å². The molecule has 2 rings (SSSR count). The van der Waals surface area contributed by atoms with Gasteiger partial charge < -0.3 is 18.6 Å². The van der Waals surface area contributed by atoms with Crippen molar-refractivity contribution in [3.63, 3.8) is 0 Å². The number of allylic oxidation sites excluding steroid dienone is 1. The van der Waals surface area contributed by atoms with Crippen LogP contribution in [-0.4, -0.2) is 37.4 Å². The van der Waals surface area contributed by atoms with Gasteiger partial charge in [-0.1, -0.05) is 24.3 Å². The summed E-state index contributed by atoms with van der Waals surface area (Å²) in [5.41, 5.74) is 1.34. The van der Waals surface area contributed by atoms with Crippen LogP contribution in [0, 0.1) is 0 Å². The zero-order chi connectivity index (χ0) is 18.1. The first-order valence-electron chi connectivity index (χ1n) is 8.03. The summed E-state index contributed by atoms with van der Waals surface area (Å²) in [7, 11) is 1.25. The minimum absolute atomic E-state index is 0.111. The summed E-state index contributed by atoms with van der Waals surface area (Å²) in [5, 5.41) is 0. The highest BCUT2D eigenvalue weighted by molar-refractivity contribution is 5.79. The number of nitrogens with zero attached hydrogens (tertiary/aromatic N) is 1. The largest absolute Gasteiger partial charge is 0.508 e. The SMILES string of the molecule is CCOC(=O)C(CC/C=C/COC(=O)OC)c1nc2ccccc2o1. The average molecular weight is 347 g/mol. The second kappa shape index (κ2) is 9.46. The van der Waals surface area contributed by atoms with E-state index in [1.807, 2.05) is 24.3 Å². The molecule has 0 N–H and O–H groups in total. The molecule has 134 valence electrons. The van der Waals surface area contributed by atoms with Crippen LogP contribution in [0.1, 0.15) is 31.6 Å². The summed E-state index contributed by atoms with van der Waals surface area (Å²) in [5.74, 6) is -0.606. The number of aromatic nitrogens is 1. The Bertz CT molecular complexity index is 703. The van der Waals surface area contributed by atoms with Crippen LogP contribution in [-0.2, 0) is 19.0 Å². The van der Waals surface area contributed by atoms with Crippen LogP contribution >= 0.6 is 0 Å². The van der Waals surface area contributed by atoms with Crippen molar-refractivity contribution in [3.05, 3.63) is 42.3 Å². The fraction of sp³-hybridized carbons (Fsp3) is 0.389. The van der Waals surface area contributed by atoms with Crippen LogP contribution in [0.5, 0.6) is 0 Å². The van der Waals surface area contributed by atoms with Crippen molar-refractivity contribution in [1.29, 1.82) is 0 Å². The van der Waals surface area contributed by atoms with Crippen molar-refractivity contribution in [2.24, 2.45) is 0 Å². The third-order valence-corrected chi connectivity index (χ3v) is 3.43. The van der Waals surface area contributed by atoms with Gasteiger partial charge >= 0.3 is 12.1 Å². The minimum atomic E-state index is -0.736. The summed E-state index contributed by atoms with van der Waals surface area (Å²) in [4.78, 5) is 27.4. The van der Waals surface area contributed by atoms with Crippen molar-refractivity contribution >= 4 is 23.2 Å². The number of esters is 1. The number of benzene rings is 1. The van der Waals surface area contributed by atoms with Crippen molar-refractivity contribution < 1.29 is 28.2 Å². The van der Waals surface area contributed by atoms with Crippen molar-refractivity contribution in [3.8, 4) is 0 Å². The third kappa shape index (κ3) is 5.34. The van der Waals surface area contributed by atoms with Crippen molar-refractivity contribution in [2.45, 2.75) is 25.7 Å². The van der Waals surface area contributed by atoms with Crippen LogP contribution in [0.3, 0.4) is 0 Å². The Morgan fingerprint density at radius 3 is 2.76 bits per heavy atom. The molecule has 0 fully saturated rings. The van der Waals surface area contributed by atoms with Crippen molar-refractivity contribution in [1.82, 2.24) is 4.98 Å². The summed E-state index contributed by atoms with van der Waals surface area (Å²) in [6.45, 7) is 2.16. The summed E-state index contributed by atoms with van der Waals surface area (Å²) < 4.78 is 19.9. The molecular formula is C18H21NO6. The maximum atomic E-state index is 12.2. The van der Waals surface area contributed by atoms with E-state index in [-0.39, 0.29) is 12.6 Å². The van der Waals surface area contributed by atoms with Crippen molar-refractivity contribution in [2.75, 3.05) is 20.3 Å². The lowest BCUT2D eigenvalue weighted by Gasteiger charge is -2.11. The summed E-state index contributed by atoms with van der Waals surface area (Å²) in [6, 6.07) is 7.34. The Kier molecular flexibility index (Phi) is 7.00. The van der Waals surface area contributed by atoms with E-state index in [0.29, 0.717) is 36.4 Å². The highest BCUT2D eigenvalue weighted by Gasteiger charge is 2.26. The molecule has 0 aliphatic heterocycles. The lowest BCUT2D eigenvalue weighted by Crippen LogP contribution is -2.16. The van der Waals surface area contributed by atoms with E-state index < -0.39 is 12.1 Å². The number of hydrogen-bond acceptors (Lipinski definition) is 7. The van der Waals surface area contributed by atoms with Crippen LogP contribution in [0.4, 0.5) is 4.79 Å². The molecule has 1 unspecified atom stereocenters. The molecule has 1 aromatic heterocycles. The maximum absolute atomic E-state index is 12.2. The molecule has 0 aliphatic rings. The number of rotatable bonds is 8. The van der Waals surface area contributed by atoms with Gasteiger partial charge in [-0.05, 0) is 31.9 Å². The van der Waals surface area contributed by atoms with Gasteiger partial charge in [0.15, 0.2) is 5.58 Å². The minimum Gasteiger partial charge on any atom is -0.465 e. The second-order valence-electron chi connectivity index (χ2n) is 5.14. The standard InChI is InChI=1S/C18H21NO6/c1-3-23-17(20)13(9-5-4-8-12-24-18(21)22-2)16-19-14-10-6-7-11-15(14)25-16/h4,6-8,10-11,13H,3,5,9,12H2,1-2H3/b8-4+. The molecular weight excluding hydrogens is 326 g/mol. The Morgan fingerprint density at radius 1 is 1.24 bits per heavy atom. The third-order valence-electron chi connectivity index (χ3n) is 3.43. The second-order valence-corrected chi connectivity index (χ2v) is 5.14. The number of fused-ring (bicyclic) bond motifs is 1. The molecule has 1 heterocycles. The predicted molar refractivity (Wildman–Crippen MR) is 90.1 cm³/mol. The lowest BCUT2D eigenvalue weighted by atomic mass is 10.0. The van der Waals surface area contributed by atoms with Crippen LogP contribution in [0.2, 0.25) is 0 Å². The first-order valence-corrected chi connectivity index (χ1v) is 8.03. The van der Waals surface area contributed by atoms with Gasteiger partial charge in [0, 0.05) is 0 Å². The van der Waals surface area contributed by atoms with Gasteiger partial charge in [0.25, 0.3) is 0 Å². The normalized spacial score (nSPS) is 12.2. The molecule has 0 spiro atoms. The fourth-order valence-corrected chi connectivity index (χ4v) is 2.25. The zero-order valence-electron chi connectivity index (χ0n) is 14.3. The van der Waals surface area contributed by atoms with Gasteiger partial charge in [0.1, 0.15) is 18.0 Å². The maximum Gasteiger partial charge on any atom is 0.508 e. The molecule has 2 aromatic rings. The quantitative estimate of drug-likeness (QED) is 0.532. The number of ether oxygens (including phenoxy) is 3. The first-order chi connectivity index (χ1) is 12.2. The number of oxazole rings is 1. The van der Waals surface area contributed by atoms with E-state index in [9.17, 15) is 9.59 Å². The van der Waals surface area contributed by atoms with Crippen LogP contribution in [0.25, 0.3) is 11.1 Å². The van der Waals surface area contributed by atoms with E-state index in [4.69, 9.17) is 13.9 Å². The van der Waals surface area contributed by atoms with E-state index in [1.165, 1.54) is 7.11 Å². The Morgan fingerprint density at radius 2 is 2.04 bits per heavy atom. The number of methoxy groups -OCH3 is 1. The molecule has 1 aromatic carbocycles. The van der Waals surface area contributed by atoms with E-state index in [0.717, 1.165) is 0 Å². The summed E-state index contributed by atoms with van der Waals surface area (Å²) in [6.07, 6.45) is 3.82. The number of carbonyl (C=O) groups is 2. The molecule has 0 saturated heterocycles. The molecule has 0 aliphatic carbocycles. The molecule has 0 radical (unpaired) electrons. The predicted octanol–water partition coefficient (Wildman–Crippen LogP) is 3.59. The molecule has 0 amide bonds. The number of carbonyl (C=O) groups excluding carboxylic acids is 2. The first kappa shape index (κ1) is 18.5. The highest BCUT2D eigenvalue weighted by atomic mass is 16.7. The number of para-hydroxylation sites is 2. The Balaban J connectivity index is 2.00. The molecule has 7 nitrogen and oxygen atoms in total. The van der Waals surface area contributed by atoms with E-state index in [1.54, 1.807) is 19.1 Å². The van der Waals surface area contributed by atoms with Gasteiger partial charge in [-0.2, -0.15) is 0 Å². The van der Waals surface area contributed by atoms with Crippen LogP contribution in [0.15, 0.2) is 40.8 Å². The highest BCUT2D eigenvalue weighted by Crippen LogP contribution is 2.26. The monoisotopic (exact) mass is 347 g/mol. The Labute approximate surface area is 145 Å².